The van der Waals surface area contributed by atoms with Gasteiger partial charge >= 0.3 is 0 Å². The van der Waals surface area contributed by atoms with E-state index in [4.69, 9.17) is 10.5 Å². The molecule has 4 aliphatic heterocycles. The third-order valence-corrected chi connectivity index (χ3v) is 7.47. The van der Waals surface area contributed by atoms with Gasteiger partial charge in [0.1, 0.15) is 0 Å². The first-order valence-electron chi connectivity index (χ1n) is 12.3. The molecule has 4 heterocycles. The summed E-state index contributed by atoms with van der Waals surface area (Å²) in [5.41, 5.74) is 9.50. The quantitative estimate of drug-likeness (QED) is 0.564. The van der Waals surface area contributed by atoms with Crippen LogP contribution in [-0.4, -0.2) is 104 Å². The Balaban J connectivity index is 1.32. The van der Waals surface area contributed by atoms with Gasteiger partial charge in [0.05, 0.1) is 36.2 Å². The SMILES string of the molecule is NC(=O)CN1CCN(C(=O)C2CN(CC3CCCO3)CC3C(=O)N(c4ccccc4)NC23)CC1. The molecule has 0 bridgehead atoms. The van der Waals surface area contributed by atoms with Gasteiger partial charge in [-0.3, -0.25) is 24.2 Å². The molecular weight excluding hydrogens is 436 g/mol. The maximum Gasteiger partial charge on any atom is 0.247 e. The van der Waals surface area contributed by atoms with Gasteiger partial charge in [-0.1, -0.05) is 18.2 Å². The van der Waals surface area contributed by atoms with E-state index in [1.165, 1.54) is 0 Å². The van der Waals surface area contributed by atoms with E-state index in [2.05, 4.69) is 10.3 Å². The fraction of sp³-hybridized carbons (Fsp3) is 0.625. The van der Waals surface area contributed by atoms with Crippen LogP contribution in [0.1, 0.15) is 12.8 Å². The number of fused-ring (bicyclic) bond motifs is 1. The Labute approximate surface area is 199 Å². The van der Waals surface area contributed by atoms with Crippen molar-refractivity contribution in [1.29, 1.82) is 0 Å². The second-order valence-electron chi connectivity index (χ2n) is 9.80. The molecule has 4 aliphatic rings. The third-order valence-electron chi connectivity index (χ3n) is 7.47. The summed E-state index contributed by atoms with van der Waals surface area (Å²) >= 11 is 0. The summed E-state index contributed by atoms with van der Waals surface area (Å²) in [7, 11) is 0. The predicted molar refractivity (Wildman–Crippen MR) is 125 cm³/mol. The molecule has 0 aliphatic carbocycles. The minimum absolute atomic E-state index is 0.0114. The van der Waals surface area contributed by atoms with E-state index in [0.717, 1.165) is 31.7 Å². The molecule has 1 aromatic carbocycles. The Kier molecular flexibility index (Phi) is 6.82. The number of hydrogen-bond acceptors (Lipinski definition) is 7. The first-order valence-corrected chi connectivity index (χ1v) is 12.3. The highest BCUT2D eigenvalue weighted by Crippen LogP contribution is 2.33. The van der Waals surface area contributed by atoms with Crippen molar-refractivity contribution in [3.8, 4) is 0 Å². The molecule has 4 unspecified atom stereocenters. The van der Waals surface area contributed by atoms with E-state index in [1.807, 2.05) is 40.1 Å². The van der Waals surface area contributed by atoms with Gasteiger partial charge in [0, 0.05) is 52.4 Å². The normalized spacial score (nSPS) is 30.5. The lowest BCUT2D eigenvalue weighted by Crippen LogP contribution is -2.60. The highest BCUT2D eigenvalue weighted by atomic mass is 16.5. The number of nitrogens with zero attached hydrogens (tertiary/aromatic N) is 4. The second kappa shape index (κ2) is 9.99. The Morgan fingerprint density at radius 3 is 2.50 bits per heavy atom. The van der Waals surface area contributed by atoms with Gasteiger partial charge in [0.25, 0.3) is 0 Å². The zero-order valence-electron chi connectivity index (χ0n) is 19.5. The Morgan fingerprint density at radius 1 is 1.06 bits per heavy atom. The molecule has 0 spiro atoms. The van der Waals surface area contributed by atoms with Gasteiger partial charge in [-0.25, -0.2) is 10.4 Å². The Bertz CT molecular complexity index is 900. The fourth-order valence-corrected chi connectivity index (χ4v) is 5.75. The van der Waals surface area contributed by atoms with Crippen molar-refractivity contribution >= 4 is 23.4 Å². The summed E-state index contributed by atoms with van der Waals surface area (Å²) in [6.45, 7) is 5.33. The summed E-state index contributed by atoms with van der Waals surface area (Å²) in [6, 6.07) is 9.30. The van der Waals surface area contributed by atoms with E-state index in [0.29, 0.717) is 39.3 Å². The number of benzene rings is 1. The van der Waals surface area contributed by atoms with Crippen LogP contribution < -0.4 is 16.2 Å². The summed E-state index contributed by atoms with van der Waals surface area (Å²) < 4.78 is 5.85. The van der Waals surface area contributed by atoms with Crippen LogP contribution >= 0.6 is 0 Å². The van der Waals surface area contributed by atoms with E-state index in [1.54, 1.807) is 5.01 Å². The van der Waals surface area contributed by atoms with Gasteiger partial charge in [0.2, 0.25) is 17.7 Å². The van der Waals surface area contributed by atoms with E-state index in [-0.39, 0.29) is 48.2 Å². The number of amides is 3. The number of anilines is 1. The van der Waals surface area contributed by atoms with Gasteiger partial charge in [-0.2, -0.15) is 0 Å². The molecule has 4 fully saturated rings. The maximum absolute atomic E-state index is 13.7. The van der Waals surface area contributed by atoms with Gasteiger partial charge < -0.3 is 15.4 Å². The Hall–Kier alpha value is -2.53. The molecule has 34 heavy (non-hydrogen) atoms. The van der Waals surface area contributed by atoms with E-state index in [9.17, 15) is 14.4 Å². The third kappa shape index (κ3) is 4.81. The first-order chi connectivity index (χ1) is 16.5. The maximum atomic E-state index is 13.7. The van der Waals surface area contributed by atoms with Crippen molar-refractivity contribution in [2.24, 2.45) is 17.6 Å². The minimum Gasteiger partial charge on any atom is -0.377 e. The van der Waals surface area contributed by atoms with Crippen LogP contribution in [0.5, 0.6) is 0 Å². The molecule has 3 N–H and O–H groups in total. The number of piperazine rings is 1. The van der Waals surface area contributed by atoms with Crippen LogP contribution in [0.4, 0.5) is 5.69 Å². The summed E-state index contributed by atoms with van der Waals surface area (Å²) in [5, 5.41) is 1.62. The highest BCUT2D eigenvalue weighted by molar-refractivity contribution is 5.98. The van der Waals surface area contributed by atoms with Crippen molar-refractivity contribution in [2.45, 2.75) is 25.0 Å². The monoisotopic (exact) mass is 470 g/mol. The number of ether oxygens (including phenoxy) is 1. The molecule has 4 atom stereocenters. The average molecular weight is 471 g/mol. The lowest BCUT2D eigenvalue weighted by molar-refractivity contribution is -0.141. The van der Waals surface area contributed by atoms with Gasteiger partial charge in [0.15, 0.2) is 0 Å². The second-order valence-corrected chi connectivity index (χ2v) is 9.80. The number of rotatable bonds is 6. The fourth-order valence-electron chi connectivity index (χ4n) is 5.75. The first kappa shape index (κ1) is 23.2. The smallest absolute Gasteiger partial charge is 0.247 e. The van der Waals surface area contributed by atoms with Crippen LogP contribution in [0.2, 0.25) is 0 Å². The number of primary amides is 1. The number of hydrogen-bond donors (Lipinski definition) is 2. The van der Waals surface area contributed by atoms with Crippen LogP contribution in [-0.2, 0) is 19.1 Å². The average Bonchev–Trinajstić information content (AvgIpc) is 3.47. The molecule has 10 heteroatoms. The summed E-state index contributed by atoms with van der Waals surface area (Å²) in [6.07, 6.45) is 2.25. The number of hydrazine groups is 1. The van der Waals surface area contributed by atoms with Crippen LogP contribution in [0.25, 0.3) is 0 Å². The van der Waals surface area contributed by atoms with Gasteiger partial charge in [-0.15, -0.1) is 0 Å². The lowest BCUT2D eigenvalue weighted by Gasteiger charge is -2.42. The van der Waals surface area contributed by atoms with Crippen LogP contribution in [0, 0.1) is 11.8 Å². The topological polar surface area (TPSA) is 111 Å². The highest BCUT2D eigenvalue weighted by Gasteiger charge is 2.52. The number of carbonyl (C=O) groups excluding carboxylic acids is 3. The number of piperidine rings is 1. The molecule has 0 aromatic heterocycles. The zero-order valence-corrected chi connectivity index (χ0v) is 19.5. The lowest BCUT2D eigenvalue weighted by atomic mass is 9.83. The predicted octanol–water partition coefficient (Wildman–Crippen LogP) is -0.737. The number of carbonyl (C=O) groups is 3. The van der Waals surface area contributed by atoms with Gasteiger partial charge in [-0.05, 0) is 25.0 Å². The van der Waals surface area contributed by atoms with Crippen molar-refractivity contribution in [3.05, 3.63) is 30.3 Å². The molecular formula is C24H34N6O4. The molecule has 4 saturated heterocycles. The molecule has 3 amide bonds. The summed E-state index contributed by atoms with van der Waals surface area (Å²) in [5.74, 6) is -0.895. The molecule has 0 radical (unpaired) electrons. The van der Waals surface area contributed by atoms with Crippen LogP contribution in [0.3, 0.4) is 0 Å². The number of nitrogens with one attached hydrogen (secondary N) is 1. The zero-order chi connectivity index (χ0) is 23.7. The van der Waals surface area contributed by atoms with E-state index < -0.39 is 0 Å². The Morgan fingerprint density at radius 2 is 1.82 bits per heavy atom. The van der Waals surface area contributed by atoms with Crippen molar-refractivity contribution < 1.29 is 19.1 Å². The molecule has 10 nitrogen and oxygen atoms in total. The molecule has 1 aromatic rings. The van der Waals surface area contributed by atoms with Crippen molar-refractivity contribution in [1.82, 2.24) is 20.1 Å². The largest absolute Gasteiger partial charge is 0.377 e. The molecule has 184 valence electrons. The summed E-state index contributed by atoms with van der Waals surface area (Å²) in [4.78, 5) is 44.5. The van der Waals surface area contributed by atoms with Crippen molar-refractivity contribution in [3.63, 3.8) is 0 Å². The number of para-hydroxylation sites is 1. The molecule has 5 rings (SSSR count). The van der Waals surface area contributed by atoms with E-state index >= 15 is 0 Å². The number of nitrogens with two attached hydrogens (primary N) is 1. The minimum atomic E-state index is -0.352. The van der Waals surface area contributed by atoms with Crippen molar-refractivity contribution in [2.75, 3.05) is 64.0 Å². The molecule has 0 saturated carbocycles. The standard InChI is InChI=1S/C24H34N6O4/c25-21(31)16-27-8-10-29(11-9-27)23(32)19-14-28(13-18-7-4-12-34-18)15-20-22(19)26-30(24(20)33)17-5-2-1-3-6-17/h1-3,5-6,18-20,22,26H,4,7-16H2,(H2,25,31). The van der Waals surface area contributed by atoms with Crippen LogP contribution in [0.15, 0.2) is 30.3 Å². The number of likely N-dealkylation sites (tertiary alicyclic amines) is 1.